The van der Waals surface area contributed by atoms with E-state index in [0.29, 0.717) is 24.1 Å². The van der Waals surface area contributed by atoms with E-state index in [2.05, 4.69) is 43.0 Å². The maximum atomic E-state index is 13.4. The molecule has 1 N–H and O–H groups in total. The quantitative estimate of drug-likeness (QED) is 0.474. The van der Waals surface area contributed by atoms with Crippen LogP contribution < -0.4 is 0 Å². The Hall–Kier alpha value is -2.62. The molecule has 2 aromatic carbocycles. The van der Waals surface area contributed by atoms with Crippen molar-refractivity contribution in [2.24, 2.45) is 5.92 Å². The van der Waals surface area contributed by atoms with E-state index < -0.39 is 5.97 Å². The molecule has 1 aliphatic rings. The molecule has 1 aliphatic carbocycles. The van der Waals surface area contributed by atoms with Crippen molar-refractivity contribution in [1.29, 1.82) is 0 Å². The molecule has 3 rings (SSSR count). The van der Waals surface area contributed by atoms with E-state index in [1.807, 2.05) is 12.1 Å². The molecule has 0 heterocycles. The lowest BCUT2D eigenvalue weighted by atomic mass is 9.98. The minimum atomic E-state index is -0.914. The Morgan fingerprint density at radius 3 is 1.90 bits per heavy atom. The predicted octanol–water partition coefficient (Wildman–Crippen LogP) is 6.54. The molecule has 0 aliphatic heterocycles. The van der Waals surface area contributed by atoms with Crippen molar-refractivity contribution in [3.05, 3.63) is 59.7 Å². The smallest absolute Gasteiger partial charge is 0.335 e. The van der Waals surface area contributed by atoms with Gasteiger partial charge in [-0.15, -0.1) is 0 Å². The van der Waals surface area contributed by atoms with Gasteiger partial charge in [0.1, 0.15) is 0 Å². The topological polar surface area (TPSA) is 57.6 Å². The van der Waals surface area contributed by atoms with Gasteiger partial charge >= 0.3 is 5.97 Å². The number of carbonyl (C=O) groups excluding carboxylic acids is 1. The van der Waals surface area contributed by atoms with E-state index in [0.717, 1.165) is 55.2 Å². The van der Waals surface area contributed by atoms with E-state index in [4.69, 9.17) is 5.11 Å². The summed E-state index contributed by atoms with van der Waals surface area (Å²) in [6.07, 6.45) is 8.70. The first kappa shape index (κ1) is 23.1. The first-order valence-corrected chi connectivity index (χ1v) is 11.8. The Balaban J connectivity index is 1.78. The first-order valence-electron chi connectivity index (χ1n) is 11.8. The SMILES string of the molecule is CCCC(CCC)N(Cc1ccc(-c2ccc(C(=O)O)cc2)cc1)C(=O)C1CCCC1. The summed E-state index contributed by atoms with van der Waals surface area (Å²) in [7, 11) is 0. The summed E-state index contributed by atoms with van der Waals surface area (Å²) in [6, 6.07) is 15.6. The molecule has 0 unspecified atom stereocenters. The second-order valence-electron chi connectivity index (χ2n) is 8.76. The number of hydrogen-bond acceptors (Lipinski definition) is 2. The number of carboxylic acids is 1. The van der Waals surface area contributed by atoms with Crippen LogP contribution >= 0.6 is 0 Å². The summed E-state index contributed by atoms with van der Waals surface area (Å²) >= 11 is 0. The normalized spacial score (nSPS) is 14.2. The molecule has 1 saturated carbocycles. The summed E-state index contributed by atoms with van der Waals surface area (Å²) < 4.78 is 0. The van der Waals surface area contributed by atoms with Gasteiger partial charge in [-0.3, -0.25) is 4.79 Å². The van der Waals surface area contributed by atoms with Gasteiger partial charge in [0.2, 0.25) is 5.91 Å². The van der Waals surface area contributed by atoms with Crippen molar-refractivity contribution in [3.63, 3.8) is 0 Å². The first-order chi connectivity index (χ1) is 15.0. The number of rotatable bonds is 10. The zero-order chi connectivity index (χ0) is 22.2. The van der Waals surface area contributed by atoms with Gasteiger partial charge in [0.05, 0.1) is 5.56 Å². The van der Waals surface area contributed by atoms with Crippen LogP contribution in [-0.4, -0.2) is 27.9 Å². The average molecular weight is 422 g/mol. The molecular formula is C27H35NO3. The van der Waals surface area contributed by atoms with E-state index in [1.165, 1.54) is 12.8 Å². The van der Waals surface area contributed by atoms with Crippen molar-refractivity contribution in [1.82, 2.24) is 4.90 Å². The fraction of sp³-hybridized carbons (Fsp3) is 0.481. The fourth-order valence-electron chi connectivity index (χ4n) is 4.72. The van der Waals surface area contributed by atoms with E-state index in [1.54, 1.807) is 12.1 Å². The number of amides is 1. The molecule has 0 atom stereocenters. The zero-order valence-electron chi connectivity index (χ0n) is 18.8. The van der Waals surface area contributed by atoms with Gasteiger partial charge < -0.3 is 10.0 Å². The highest BCUT2D eigenvalue weighted by Crippen LogP contribution is 2.30. The molecule has 0 radical (unpaired) electrons. The van der Waals surface area contributed by atoms with Crippen LogP contribution in [0.15, 0.2) is 48.5 Å². The lowest BCUT2D eigenvalue weighted by Crippen LogP contribution is -2.42. The molecule has 0 aromatic heterocycles. The van der Waals surface area contributed by atoms with Crippen LogP contribution in [0.2, 0.25) is 0 Å². The fourth-order valence-corrected chi connectivity index (χ4v) is 4.72. The number of carbonyl (C=O) groups is 2. The van der Waals surface area contributed by atoms with Crippen LogP contribution in [0.25, 0.3) is 11.1 Å². The molecule has 1 amide bonds. The standard InChI is InChI=1S/C27H35NO3/c1-3-7-25(8-4-2)28(26(29)23-9-5-6-10-23)19-20-11-13-21(14-12-20)22-15-17-24(18-16-22)27(30)31/h11-18,23,25H,3-10,19H2,1-2H3,(H,30,31). The van der Waals surface area contributed by atoms with Gasteiger partial charge in [0.15, 0.2) is 0 Å². The maximum Gasteiger partial charge on any atom is 0.335 e. The van der Waals surface area contributed by atoms with Crippen molar-refractivity contribution in [2.45, 2.75) is 77.8 Å². The number of aromatic carboxylic acids is 1. The molecule has 166 valence electrons. The zero-order valence-corrected chi connectivity index (χ0v) is 18.8. The number of nitrogens with zero attached hydrogens (tertiary/aromatic N) is 1. The summed E-state index contributed by atoms with van der Waals surface area (Å²) in [5.41, 5.74) is 3.48. The third kappa shape index (κ3) is 5.96. The molecule has 0 bridgehead atoms. The number of carboxylic acid groups (broad SMARTS) is 1. The monoisotopic (exact) mass is 421 g/mol. The summed E-state index contributed by atoms with van der Waals surface area (Å²) in [6.45, 7) is 5.06. The van der Waals surface area contributed by atoms with Gasteiger partial charge in [-0.1, -0.05) is 75.9 Å². The average Bonchev–Trinajstić information content (AvgIpc) is 3.32. The highest BCUT2D eigenvalue weighted by molar-refractivity contribution is 5.88. The van der Waals surface area contributed by atoms with Crippen LogP contribution in [0.5, 0.6) is 0 Å². The van der Waals surface area contributed by atoms with Crippen molar-refractivity contribution in [2.75, 3.05) is 0 Å². The van der Waals surface area contributed by atoms with Gasteiger partial charge in [0.25, 0.3) is 0 Å². The Labute approximate surface area is 186 Å². The van der Waals surface area contributed by atoms with E-state index in [-0.39, 0.29) is 5.92 Å². The van der Waals surface area contributed by atoms with Gasteiger partial charge in [0, 0.05) is 18.5 Å². The third-order valence-corrected chi connectivity index (χ3v) is 6.44. The Morgan fingerprint density at radius 2 is 1.42 bits per heavy atom. The molecule has 0 saturated heterocycles. The van der Waals surface area contributed by atoms with Crippen LogP contribution in [0.1, 0.15) is 81.1 Å². The molecule has 4 heteroatoms. The summed E-state index contributed by atoms with van der Waals surface area (Å²) in [5.74, 6) is -0.372. The molecule has 0 spiro atoms. The molecule has 4 nitrogen and oxygen atoms in total. The third-order valence-electron chi connectivity index (χ3n) is 6.44. The van der Waals surface area contributed by atoms with Gasteiger partial charge in [-0.2, -0.15) is 0 Å². The van der Waals surface area contributed by atoms with E-state index >= 15 is 0 Å². The predicted molar refractivity (Wildman–Crippen MR) is 125 cm³/mol. The van der Waals surface area contributed by atoms with Crippen molar-refractivity contribution in [3.8, 4) is 11.1 Å². The largest absolute Gasteiger partial charge is 0.478 e. The van der Waals surface area contributed by atoms with Crippen LogP contribution in [0, 0.1) is 5.92 Å². The minimum Gasteiger partial charge on any atom is -0.478 e. The molecular weight excluding hydrogens is 386 g/mol. The van der Waals surface area contributed by atoms with E-state index in [9.17, 15) is 9.59 Å². The molecule has 31 heavy (non-hydrogen) atoms. The molecule has 2 aromatic rings. The Morgan fingerprint density at radius 1 is 0.903 bits per heavy atom. The second-order valence-corrected chi connectivity index (χ2v) is 8.76. The van der Waals surface area contributed by atoms with Crippen LogP contribution in [-0.2, 0) is 11.3 Å². The van der Waals surface area contributed by atoms with Crippen molar-refractivity contribution < 1.29 is 14.7 Å². The maximum absolute atomic E-state index is 13.4. The highest BCUT2D eigenvalue weighted by atomic mass is 16.4. The van der Waals surface area contributed by atoms with Crippen LogP contribution in [0.4, 0.5) is 0 Å². The van der Waals surface area contributed by atoms with Gasteiger partial charge in [-0.25, -0.2) is 4.79 Å². The minimum absolute atomic E-state index is 0.197. The summed E-state index contributed by atoms with van der Waals surface area (Å²) in [5, 5.41) is 9.08. The Bertz CT molecular complexity index is 845. The summed E-state index contributed by atoms with van der Waals surface area (Å²) in [4.78, 5) is 26.6. The number of benzene rings is 2. The lowest BCUT2D eigenvalue weighted by Gasteiger charge is -2.34. The Kier molecular flexibility index (Phi) is 8.27. The second kappa shape index (κ2) is 11.1. The molecule has 1 fully saturated rings. The van der Waals surface area contributed by atoms with Crippen molar-refractivity contribution >= 4 is 11.9 Å². The lowest BCUT2D eigenvalue weighted by molar-refractivity contribution is -0.138. The number of hydrogen-bond donors (Lipinski definition) is 1. The van der Waals surface area contributed by atoms with Gasteiger partial charge in [-0.05, 0) is 54.5 Å². The highest BCUT2D eigenvalue weighted by Gasteiger charge is 2.30. The van der Waals surface area contributed by atoms with Crippen LogP contribution in [0.3, 0.4) is 0 Å².